The van der Waals surface area contributed by atoms with Crippen molar-refractivity contribution in [3.05, 3.63) is 47.5 Å². The first kappa shape index (κ1) is 18.7. The van der Waals surface area contributed by atoms with Crippen molar-refractivity contribution in [2.45, 2.75) is 11.8 Å². The molecule has 0 aliphatic rings. The van der Waals surface area contributed by atoms with E-state index >= 15 is 0 Å². The molecule has 1 heterocycles. The number of nitrogens with one attached hydrogen (secondary N) is 1. The molecule has 1 unspecified atom stereocenters. The highest BCUT2D eigenvalue weighted by Crippen LogP contribution is 2.35. The number of nitrogens with zero attached hydrogens (tertiary/aromatic N) is 2. The average Bonchev–Trinajstić information content (AvgIpc) is 2.62. The zero-order valence-electron chi connectivity index (χ0n) is 14.1. The van der Waals surface area contributed by atoms with Crippen LogP contribution < -0.4 is 14.8 Å². The van der Waals surface area contributed by atoms with Gasteiger partial charge in [0.15, 0.2) is 11.5 Å². The standard InChI is InChI=1S/C18H16BrClFN3O2/c1-10(19)8-26-17-6-12-15(7-16(17)25-2)22-9-23-18(12)24-11-3-4-14(21)13(20)5-11/h3-7,9-10H,8H2,1-2H3,(H,22,23,24). The molecule has 8 heteroatoms. The second-order valence-electron chi connectivity index (χ2n) is 5.59. The summed E-state index contributed by atoms with van der Waals surface area (Å²) in [5.41, 5.74) is 1.30. The van der Waals surface area contributed by atoms with E-state index in [1.165, 1.54) is 18.5 Å². The lowest BCUT2D eigenvalue weighted by atomic mass is 10.2. The van der Waals surface area contributed by atoms with E-state index in [-0.39, 0.29) is 9.85 Å². The van der Waals surface area contributed by atoms with Crippen molar-refractivity contribution in [2.75, 3.05) is 19.0 Å². The van der Waals surface area contributed by atoms with Crippen molar-refractivity contribution >= 4 is 49.9 Å². The number of benzene rings is 2. The van der Waals surface area contributed by atoms with Gasteiger partial charge in [0.1, 0.15) is 24.6 Å². The monoisotopic (exact) mass is 439 g/mol. The predicted molar refractivity (Wildman–Crippen MR) is 105 cm³/mol. The van der Waals surface area contributed by atoms with Gasteiger partial charge in [-0.3, -0.25) is 0 Å². The Bertz CT molecular complexity index is 940. The predicted octanol–water partition coefficient (Wildman–Crippen LogP) is 5.34. The first-order chi connectivity index (χ1) is 12.5. The van der Waals surface area contributed by atoms with Gasteiger partial charge < -0.3 is 14.8 Å². The van der Waals surface area contributed by atoms with Gasteiger partial charge in [-0.05, 0) is 31.2 Å². The summed E-state index contributed by atoms with van der Waals surface area (Å²) < 4.78 is 24.6. The summed E-state index contributed by atoms with van der Waals surface area (Å²) in [4.78, 5) is 8.75. The van der Waals surface area contributed by atoms with Crippen LogP contribution in [0.25, 0.3) is 10.9 Å². The van der Waals surface area contributed by atoms with Crippen LogP contribution in [0.5, 0.6) is 11.5 Å². The third kappa shape index (κ3) is 4.16. The van der Waals surface area contributed by atoms with Crippen LogP contribution in [-0.2, 0) is 0 Å². The molecule has 1 N–H and O–H groups in total. The minimum Gasteiger partial charge on any atom is -0.493 e. The Morgan fingerprint density at radius 3 is 2.73 bits per heavy atom. The molecule has 0 aliphatic carbocycles. The van der Waals surface area contributed by atoms with Crippen LogP contribution in [0.2, 0.25) is 5.02 Å². The molecular weight excluding hydrogens is 425 g/mol. The fourth-order valence-corrected chi connectivity index (χ4v) is 2.66. The van der Waals surface area contributed by atoms with Gasteiger partial charge in [0.05, 0.1) is 17.6 Å². The SMILES string of the molecule is COc1cc2ncnc(Nc3ccc(F)c(Cl)c3)c2cc1OCC(C)Br. The largest absolute Gasteiger partial charge is 0.493 e. The maximum atomic E-state index is 13.4. The summed E-state index contributed by atoms with van der Waals surface area (Å²) in [5.74, 6) is 1.24. The molecule has 26 heavy (non-hydrogen) atoms. The molecule has 0 spiro atoms. The minimum atomic E-state index is -0.478. The van der Waals surface area contributed by atoms with E-state index in [4.69, 9.17) is 21.1 Å². The summed E-state index contributed by atoms with van der Waals surface area (Å²) >= 11 is 9.30. The van der Waals surface area contributed by atoms with E-state index in [9.17, 15) is 4.39 Å². The van der Waals surface area contributed by atoms with E-state index in [0.717, 1.165) is 5.39 Å². The van der Waals surface area contributed by atoms with Crippen molar-refractivity contribution in [3.8, 4) is 11.5 Å². The molecule has 1 aromatic heterocycles. The van der Waals surface area contributed by atoms with E-state index in [1.54, 1.807) is 19.2 Å². The number of hydrogen-bond donors (Lipinski definition) is 1. The first-order valence-electron chi connectivity index (χ1n) is 7.79. The smallest absolute Gasteiger partial charge is 0.162 e. The maximum absolute atomic E-state index is 13.4. The normalized spacial score (nSPS) is 12.0. The molecule has 2 aromatic carbocycles. The molecule has 0 amide bonds. The van der Waals surface area contributed by atoms with E-state index in [0.29, 0.717) is 35.1 Å². The molecule has 0 radical (unpaired) electrons. The molecule has 0 aliphatic heterocycles. The van der Waals surface area contributed by atoms with Crippen LogP contribution >= 0.6 is 27.5 Å². The van der Waals surface area contributed by atoms with Gasteiger partial charge in [-0.1, -0.05) is 27.5 Å². The zero-order chi connectivity index (χ0) is 18.7. The van der Waals surface area contributed by atoms with Crippen molar-refractivity contribution in [2.24, 2.45) is 0 Å². The van der Waals surface area contributed by atoms with E-state index < -0.39 is 5.82 Å². The number of alkyl halides is 1. The molecule has 0 fully saturated rings. The number of rotatable bonds is 6. The molecule has 5 nitrogen and oxygen atoms in total. The highest BCUT2D eigenvalue weighted by atomic mass is 79.9. The van der Waals surface area contributed by atoms with Gasteiger partial charge >= 0.3 is 0 Å². The number of ether oxygens (including phenoxy) is 2. The van der Waals surface area contributed by atoms with Gasteiger partial charge in [-0.25, -0.2) is 14.4 Å². The molecular formula is C18H16BrClFN3O2. The topological polar surface area (TPSA) is 56.3 Å². The van der Waals surface area contributed by atoms with E-state index in [1.807, 2.05) is 13.0 Å². The number of halogens is 3. The van der Waals surface area contributed by atoms with Gasteiger partial charge in [0, 0.05) is 22.0 Å². The van der Waals surface area contributed by atoms with Crippen molar-refractivity contribution in [3.63, 3.8) is 0 Å². The van der Waals surface area contributed by atoms with Crippen molar-refractivity contribution in [1.29, 1.82) is 0 Å². The molecule has 0 bridgehead atoms. The van der Waals surface area contributed by atoms with Crippen LogP contribution in [0.15, 0.2) is 36.7 Å². The Kier molecular flexibility index (Phi) is 5.78. The number of hydrogen-bond acceptors (Lipinski definition) is 5. The van der Waals surface area contributed by atoms with Gasteiger partial charge in [0.2, 0.25) is 0 Å². The fourth-order valence-electron chi connectivity index (χ4n) is 2.35. The fraction of sp³-hybridized carbons (Fsp3) is 0.222. The second-order valence-corrected chi connectivity index (χ2v) is 7.56. The summed E-state index contributed by atoms with van der Waals surface area (Å²) in [7, 11) is 1.58. The number of fused-ring (bicyclic) bond motifs is 1. The number of aromatic nitrogens is 2. The van der Waals surface area contributed by atoms with Gasteiger partial charge in [-0.2, -0.15) is 0 Å². The summed E-state index contributed by atoms with van der Waals surface area (Å²) in [6, 6.07) is 7.98. The number of methoxy groups -OCH3 is 1. The van der Waals surface area contributed by atoms with Crippen molar-refractivity contribution < 1.29 is 13.9 Å². The Balaban J connectivity index is 2.01. The van der Waals surface area contributed by atoms with Crippen LogP contribution in [0, 0.1) is 5.82 Å². The average molecular weight is 441 g/mol. The Morgan fingerprint density at radius 1 is 1.23 bits per heavy atom. The zero-order valence-corrected chi connectivity index (χ0v) is 16.4. The van der Waals surface area contributed by atoms with Gasteiger partial charge in [-0.15, -0.1) is 0 Å². The highest BCUT2D eigenvalue weighted by Gasteiger charge is 2.13. The maximum Gasteiger partial charge on any atom is 0.162 e. The quantitative estimate of drug-likeness (QED) is 0.525. The summed E-state index contributed by atoms with van der Waals surface area (Å²) in [5, 5.41) is 3.91. The molecule has 0 saturated carbocycles. The third-order valence-corrected chi connectivity index (χ3v) is 4.13. The van der Waals surface area contributed by atoms with E-state index in [2.05, 4.69) is 31.2 Å². The van der Waals surface area contributed by atoms with Gasteiger partial charge in [0.25, 0.3) is 0 Å². The lowest BCUT2D eigenvalue weighted by Gasteiger charge is -2.14. The molecule has 3 aromatic rings. The minimum absolute atomic E-state index is 0.0327. The first-order valence-corrected chi connectivity index (χ1v) is 9.09. The molecule has 0 saturated heterocycles. The molecule has 1 atom stereocenters. The highest BCUT2D eigenvalue weighted by molar-refractivity contribution is 9.09. The Labute approximate surface area is 163 Å². The summed E-state index contributed by atoms with van der Waals surface area (Å²) in [6.07, 6.45) is 1.44. The second kappa shape index (κ2) is 8.05. The van der Waals surface area contributed by atoms with Crippen LogP contribution in [0.3, 0.4) is 0 Å². The summed E-state index contributed by atoms with van der Waals surface area (Å²) in [6.45, 7) is 2.47. The third-order valence-electron chi connectivity index (χ3n) is 3.57. The number of anilines is 2. The van der Waals surface area contributed by atoms with Crippen LogP contribution in [-0.4, -0.2) is 28.5 Å². The Morgan fingerprint density at radius 2 is 2.04 bits per heavy atom. The molecule has 3 rings (SSSR count). The van der Waals surface area contributed by atoms with Crippen LogP contribution in [0.4, 0.5) is 15.9 Å². The lowest BCUT2D eigenvalue weighted by molar-refractivity contribution is 0.300. The van der Waals surface area contributed by atoms with Crippen LogP contribution in [0.1, 0.15) is 6.92 Å². The van der Waals surface area contributed by atoms with Crippen molar-refractivity contribution in [1.82, 2.24) is 9.97 Å². The molecule has 136 valence electrons. The lowest BCUT2D eigenvalue weighted by Crippen LogP contribution is -2.08. The Hall–Kier alpha value is -2.12.